The van der Waals surface area contributed by atoms with Crippen LogP contribution in [-0.2, 0) is 9.53 Å². The second-order valence-corrected chi connectivity index (χ2v) is 4.14. The van der Waals surface area contributed by atoms with Gasteiger partial charge in [-0.15, -0.1) is 0 Å². The number of benzene rings is 1. The standard InChI is InChI=1S/C12H15FN2O2/c13-10-6-9(3-4-11(10)14)15-12(16)8-2-1-5-17-7-8/h3-4,6,8H,1-2,5,7,14H2,(H,15,16). The van der Waals surface area contributed by atoms with Gasteiger partial charge < -0.3 is 15.8 Å². The maximum absolute atomic E-state index is 13.2. The first-order valence-corrected chi connectivity index (χ1v) is 5.60. The molecule has 1 atom stereocenters. The highest BCUT2D eigenvalue weighted by atomic mass is 19.1. The van der Waals surface area contributed by atoms with Crippen LogP contribution in [0.5, 0.6) is 0 Å². The van der Waals surface area contributed by atoms with E-state index in [9.17, 15) is 9.18 Å². The maximum atomic E-state index is 13.2. The van der Waals surface area contributed by atoms with E-state index in [0.29, 0.717) is 18.9 Å². The van der Waals surface area contributed by atoms with E-state index in [-0.39, 0.29) is 17.5 Å². The average Bonchev–Trinajstić information content (AvgIpc) is 2.35. The molecule has 1 aromatic carbocycles. The average molecular weight is 238 g/mol. The summed E-state index contributed by atoms with van der Waals surface area (Å²) in [7, 11) is 0. The Morgan fingerprint density at radius 1 is 1.53 bits per heavy atom. The van der Waals surface area contributed by atoms with Crippen LogP contribution in [0.15, 0.2) is 18.2 Å². The van der Waals surface area contributed by atoms with Gasteiger partial charge in [0.1, 0.15) is 5.82 Å². The summed E-state index contributed by atoms with van der Waals surface area (Å²) >= 11 is 0. The van der Waals surface area contributed by atoms with E-state index in [1.54, 1.807) is 6.07 Å². The summed E-state index contributed by atoms with van der Waals surface area (Å²) in [5, 5.41) is 2.67. The Morgan fingerprint density at radius 2 is 2.35 bits per heavy atom. The SMILES string of the molecule is Nc1ccc(NC(=O)C2CCCOC2)cc1F. The summed E-state index contributed by atoms with van der Waals surface area (Å²) in [6, 6.07) is 4.24. The number of carbonyl (C=O) groups is 1. The molecule has 1 fully saturated rings. The molecule has 0 aromatic heterocycles. The fraction of sp³-hybridized carbons (Fsp3) is 0.417. The number of nitrogens with one attached hydrogen (secondary N) is 1. The smallest absolute Gasteiger partial charge is 0.229 e. The van der Waals surface area contributed by atoms with E-state index in [4.69, 9.17) is 10.5 Å². The lowest BCUT2D eigenvalue weighted by atomic mass is 10.0. The van der Waals surface area contributed by atoms with Crippen LogP contribution in [0.25, 0.3) is 0 Å². The number of rotatable bonds is 2. The number of halogens is 1. The molecule has 0 spiro atoms. The first-order valence-electron chi connectivity index (χ1n) is 5.60. The van der Waals surface area contributed by atoms with Gasteiger partial charge in [0.05, 0.1) is 18.2 Å². The normalized spacial score (nSPS) is 19.9. The second-order valence-electron chi connectivity index (χ2n) is 4.14. The minimum Gasteiger partial charge on any atom is -0.396 e. The Balaban J connectivity index is 1.99. The predicted molar refractivity (Wildman–Crippen MR) is 63.0 cm³/mol. The van der Waals surface area contributed by atoms with Crippen molar-refractivity contribution in [3.8, 4) is 0 Å². The monoisotopic (exact) mass is 238 g/mol. The van der Waals surface area contributed by atoms with Crippen molar-refractivity contribution in [2.24, 2.45) is 5.92 Å². The van der Waals surface area contributed by atoms with E-state index in [2.05, 4.69) is 5.32 Å². The summed E-state index contributed by atoms with van der Waals surface area (Å²) in [5.74, 6) is -0.805. The van der Waals surface area contributed by atoms with Crippen molar-refractivity contribution in [3.05, 3.63) is 24.0 Å². The van der Waals surface area contributed by atoms with Gasteiger partial charge >= 0.3 is 0 Å². The molecule has 0 bridgehead atoms. The van der Waals surface area contributed by atoms with Crippen LogP contribution < -0.4 is 11.1 Å². The summed E-state index contributed by atoms with van der Waals surface area (Å²) in [6.07, 6.45) is 1.69. The van der Waals surface area contributed by atoms with Crippen LogP contribution in [0, 0.1) is 11.7 Å². The molecule has 5 heteroatoms. The Hall–Kier alpha value is -1.62. The number of hydrogen-bond acceptors (Lipinski definition) is 3. The molecular formula is C12H15FN2O2. The molecule has 17 heavy (non-hydrogen) atoms. The van der Waals surface area contributed by atoms with Crippen molar-refractivity contribution in [3.63, 3.8) is 0 Å². The van der Waals surface area contributed by atoms with Crippen molar-refractivity contribution in [1.29, 1.82) is 0 Å². The number of nitrogens with two attached hydrogens (primary N) is 1. The zero-order valence-corrected chi connectivity index (χ0v) is 9.41. The van der Waals surface area contributed by atoms with Crippen molar-refractivity contribution in [2.75, 3.05) is 24.3 Å². The molecule has 1 aliphatic heterocycles. The van der Waals surface area contributed by atoms with Gasteiger partial charge in [-0.1, -0.05) is 0 Å². The Morgan fingerprint density at radius 3 is 3.00 bits per heavy atom. The number of anilines is 2. The molecule has 0 aliphatic carbocycles. The summed E-state index contributed by atoms with van der Waals surface area (Å²) in [6.45, 7) is 1.14. The van der Waals surface area contributed by atoms with E-state index in [1.165, 1.54) is 12.1 Å². The van der Waals surface area contributed by atoms with Crippen LogP contribution in [-0.4, -0.2) is 19.1 Å². The molecule has 4 nitrogen and oxygen atoms in total. The van der Waals surface area contributed by atoms with Gasteiger partial charge in [-0.2, -0.15) is 0 Å². The van der Waals surface area contributed by atoms with Crippen LogP contribution in [0.4, 0.5) is 15.8 Å². The molecule has 0 radical (unpaired) electrons. The van der Waals surface area contributed by atoms with Gasteiger partial charge in [0.25, 0.3) is 0 Å². The highest BCUT2D eigenvalue weighted by Gasteiger charge is 2.21. The summed E-state index contributed by atoms with van der Waals surface area (Å²) < 4.78 is 18.4. The number of hydrogen-bond donors (Lipinski definition) is 2. The maximum Gasteiger partial charge on any atom is 0.229 e. The van der Waals surface area contributed by atoms with E-state index >= 15 is 0 Å². The first kappa shape index (κ1) is 11.9. The van der Waals surface area contributed by atoms with Gasteiger partial charge in [0.15, 0.2) is 0 Å². The third-order valence-electron chi connectivity index (χ3n) is 2.80. The van der Waals surface area contributed by atoms with Gasteiger partial charge in [-0.25, -0.2) is 4.39 Å². The van der Waals surface area contributed by atoms with Gasteiger partial charge in [0.2, 0.25) is 5.91 Å². The number of carbonyl (C=O) groups excluding carboxylic acids is 1. The molecule has 1 aromatic rings. The molecule has 1 saturated heterocycles. The highest BCUT2D eigenvalue weighted by molar-refractivity contribution is 5.92. The van der Waals surface area contributed by atoms with Crippen LogP contribution in [0.2, 0.25) is 0 Å². The Kier molecular flexibility index (Phi) is 3.58. The fourth-order valence-corrected chi connectivity index (χ4v) is 1.80. The zero-order valence-electron chi connectivity index (χ0n) is 9.41. The molecule has 3 N–H and O–H groups in total. The molecule has 1 heterocycles. The van der Waals surface area contributed by atoms with Crippen molar-refractivity contribution in [1.82, 2.24) is 0 Å². The lowest BCUT2D eigenvalue weighted by Crippen LogP contribution is -2.30. The van der Waals surface area contributed by atoms with Gasteiger partial charge in [-0.05, 0) is 31.0 Å². The molecule has 2 rings (SSSR count). The van der Waals surface area contributed by atoms with Gasteiger partial charge in [-0.3, -0.25) is 4.79 Å². The van der Waals surface area contributed by atoms with E-state index < -0.39 is 5.82 Å². The van der Waals surface area contributed by atoms with Crippen molar-refractivity contribution >= 4 is 17.3 Å². The quantitative estimate of drug-likeness (QED) is 0.772. The topological polar surface area (TPSA) is 64.3 Å². The number of nitrogen functional groups attached to an aromatic ring is 1. The summed E-state index contributed by atoms with van der Waals surface area (Å²) in [4.78, 5) is 11.8. The number of amides is 1. The minimum absolute atomic E-state index is 0.0731. The minimum atomic E-state index is -0.525. The predicted octanol–water partition coefficient (Wildman–Crippen LogP) is 1.77. The van der Waals surface area contributed by atoms with Crippen LogP contribution >= 0.6 is 0 Å². The lowest BCUT2D eigenvalue weighted by Gasteiger charge is -2.21. The largest absolute Gasteiger partial charge is 0.396 e. The third-order valence-corrected chi connectivity index (χ3v) is 2.80. The van der Waals surface area contributed by atoms with Crippen molar-refractivity contribution < 1.29 is 13.9 Å². The Bertz CT molecular complexity index is 417. The molecular weight excluding hydrogens is 223 g/mol. The third kappa shape index (κ3) is 2.94. The molecule has 1 aliphatic rings. The highest BCUT2D eigenvalue weighted by Crippen LogP contribution is 2.19. The lowest BCUT2D eigenvalue weighted by molar-refractivity contribution is -0.123. The molecule has 0 saturated carbocycles. The fourth-order valence-electron chi connectivity index (χ4n) is 1.80. The van der Waals surface area contributed by atoms with Crippen molar-refractivity contribution in [2.45, 2.75) is 12.8 Å². The molecule has 1 unspecified atom stereocenters. The Labute approximate surface area is 98.9 Å². The molecule has 92 valence electrons. The molecule has 1 amide bonds. The zero-order chi connectivity index (χ0) is 12.3. The number of ether oxygens (including phenoxy) is 1. The first-order chi connectivity index (χ1) is 8.16. The second kappa shape index (κ2) is 5.14. The van der Waals surface area contributed by atoms with Crippen LogP contribution in [0.3, 0.4) is 0 Å². The van der Waals surface area contributed by atoms with E-state index in [0.717, 1.165) is 12.8 Å². The van der Waals surface area contributed by atoms with Crippen LogP contribution in [0.1, 0.15) is 12.8 Å². The van der Waals surface area contributed by atoms with Gasteiger partial charge in [0, 0.05) is 12.3 Å². The van der Waals surface area contributed by atoms with E-state index in [1.807, 2.05) is 0 Å². The summed E-state index contributed by atoms with van der Waals surface area (Å²) in [5.41, 5.74) is 5.85.